The number of nitrogens with one attached hydrogen (secondary N) is 2. The van der Waals surface area contributed by atoms with Gasteiger partial charge in [-0.1, -0.05) is 6.92 Å². The second-order valence-corrected chi connectivity index (χ2v) is 6.68. The van der Waals surface area contributed by atoms with Crippen molar-refractivity contribution in [1.29, 1.82) is 0 Å². The number of nitrogens with zero attached hydrogens (tertiary/aromatic N) is 4. The summed E-state index contributed by atoms with van der Waals surface area (Å²) in [7, 11) is 3.43. The molecule has 0 bridgehead atoms. The summed E-state index contributed by atoms with van der Waals surface area (Å²) in [5.41, 5.74) is 1.62. The lowest BCUT2D eigenvalue weighted by Crippen LogP contribution is -2.22. The van der Waals surface area contributed by atoms with E-state index in [0.29, 0.717) is 30.1 Å². The molecule has 0 spiro atoms. The first kappa shape index (κ1) is 19.2. The highest BCUT2D eigenvalue weighted by atomic mass is 16.5. The SMILES string of the molecule is CCN1CC[C@@H](COc2cc(Nc3nc(C)cc(NC)n3)cnc2OC)C1. The molecule has 2 aromatic heterocycles. The van der Waals surface area contributed by atoms with Crippen molar-refractivity contribution in [3.8, 4) is 11.6 Å². The largest absolute Gasteiger partial charge is 0.488 e. The van der Waals surface area contributed by atoms with Gasteiger partial charge in [0.2, 0.25) is 5.95 Å². The molecule has 3 heterocycles. The average Bonchev–Trinajstić information content (AvgIpc) is 3.14. The van der Waals surface area contributed by atoms with Crippen LogP contribution in [0, 0.1) is 12.8 Å². The van der Waals surface area contributed by atoms with E-state index in [1.165, 1.54) is 0 Å². The van der Waals surface area contributed by atoms with E-state index in [0.717, 1.165) is 43.3 Å². The molecule has 8 heteroatoms. The highest BCUT2D eigenvalue weighted by Gasteiger charge is 2.22. The lowest BCUT2D eigenvalue weighted by atomic mass is 10.1. The number of aromatic nitrogens is 3. The summed E-state index contributed by atoms with van der Waals surface area (Å²) >= 11 is 0. The van der Waals surface area contributed by atoms with Crippen LogP contribution in [0.15, 0.2) is 18.3 Å². The Morgan fingerprint density at radius 1 is 1.30 bits per heavy atom. The third kappa shape index (κ3) is 4.97. The smallest absolute Gasteiger partial charge is 0.256 e. The first-order valence-corrected chi connectivity index (χ1v) is 9.31. The maximum Gasteiger partial charge on any atom is 0.256 e. The molecule has 0 radical (unpaired) electrons. The van der Waals surface area contributed by atoms with Crippen LogP contribution in [0.4, 0.5) is 17.5 Å². The minimum atomic E-state index is 0.479. The first-order valence-electron chi connectivity index (χ1n) is 9.31. The van der Waals surface area contributed by atoms with Gasteiger partial charge in [-0.2, -0.15) is 4.98 Å². The van der Waals surface area contributed by atoms with Crippen LogP contribution in [0.5, 0.6) is 11.6 Å². The van der Waals surface area contributed by atoms with Crippen molar-refractivity contribution < 1.29 is 9.47 Å². The van der Waals surface area contributed by atoms with Crippen LogP contribution in [0.25, 0.3) is 0 Å². The van der Waals surface area contributed by atoms with Crippen LogP contribution >= 0.6 is 0 Å². The fourth-order valence-corrected chi connectivity index (χ4v) is 3.18. The Kier molecular flexibility index (Phi) is 6.28. The molecule has 1 fully saturated rings. The van der Waals surface area contributed by atoms with Crippen molar-refractivity contribution in [2.24, 2.45) is 5.92 Å². The van der Waals surface area contributed by atoms with Gasteiger partial charge < -0.3 is 25.0 Å². The molecule has 146 valence electrons. The molecule has 2 aromatic rings. The predicted octanol–water partition coefficient (Wildman–Crippen LogP) is 2.69. The minimum absolute atomic E-state index is 0.479. The van der Waals surface area contributed by atoms with Gasteiger partial charge >= 0.3 is 0 Å². The van der Waals surface area contributed by atoms with Crippen molar-refractivity contribution in [3.63, 3.8) is 0 Å². The highest BCUT2D eigenvalue weighted by Crippen LogP contribution is 2.29. The molecule has 3 rings (SSSR count). The van der Waals surface area contributed by atoms with Crippen LogP contribution in [0.3, 0.4) is 0 Å². The highest BCUT2D eigenvalue weighted by molar-refractivity contribution is 5.58. The van der Waals surface area contributed by atoms with Crippen LogP contribution in [-0.4, -0.2) is 60.3 Å². The number of aryl methyl sites for hydroxylation is 1. The van der Waals surface area contributed by atoms with Crippen LogP contribution < -0.4 is 20.1 Å². The Bertz CT molecular complexity index is 770. The number of pyridine rings is 1. The topological polar surface area (TPSA) is 84.4 Å². The molecule has 0 amide bonds. The molecule has 8 nitrogen and oxygen atoms in total. The van der Waals surface area contributed by atoms with Crippen LogP contribution in [-0.2, 0) is 0 Å². The standard InChI is InChI=1S/C19H28N6O2/c1-5-25-7-6-14(11-25)12-27-16-9-15(10-21-18(16)26-4)23-19-22-13(2)8-17(20-3)24-19/h8-10,14H,5-7,11-12H2,1-4H3,(H2,20,22,23,24)/t14-/m1/s1. The van der Waals surface area contributed by atoms with Crippen LogP contribution in [0.2, 0.25) is 0 Å². The molecule has 0 aromatic carbocycles. The van der Waals surface area contributed by atoms with Gasteiger partial charge in [-0.05, 0) is 26.4 Å². The molecule has 2 N–H and O–H groups in total. The lowest BCUT2D eigenvalue weighted by Gasteiger charge is -2.16. The number of likely N-dealkylation sites (tertiary alicyclic amines) is 1. The van der Waals surface area contributed by atoms with Crippen molar-refractivity contribution >= 4 is 17.5 Å². The van der Waals surface area contributed by atoms with Gasteiger partial charge in [0.1, 0.15) is 5.82 Å². The quantitative estimate of drug-likeness (QED) is 0.732. The lowest BCUT2D eigenvalue weighted by molar-refractivity contribution is 0.232. The average molecular weight is 372 g/mol. The molecule has 0 saturated carbocycles. The molecule has 1 atom stereocenters. The van der Waals surface area contributed by atoms with Gasteiger partial charge in [0.05, 0.1) is 25.6 Å². The fourth-order valence-electron chi connectivity index (χ4n) is 3.18. The van der Waals surface area contributed by atoms with E-state index in [1.807, 2.05) is 26.1 Å². The first-order chi connectivity index (χ1) is 13.1. The molecule has 27 heavy (non-hydrogen) atoms. The van der Waals surface area contributed by atoms with Gasteiger partial charge in [-0.15, -0.1) is 0 Å². The molecule has 0 aliphatic carbocycles. The van der Waals surface area contributed by atoms with E-state index < -0.39 is 0 Å². The Labute approximate surface area is 160 Å². The van der Waals surface area contributed by atoms with E-state index >= 15 is 0 Å². The molecule has 1 saturated heterocycles. The Morgan fingerprint density at radius 2 is 2.15 bits per heavy atom. The van der Waals surface area contributed by atoms with Gasteiger partial charge in [-0.3, -0.25) is 0 Å². The molecular formula is C19H28N6O2. The van der Waals surface area contributed by atoms with E-state index in [4.69, 9.17) is 9.47 Å². The van der Waals surface area contributed by atoms with E-state index in [2.05, 4.69) is 37.4 Å². The third-order valence-electron chi connectivity index (χ3n) is 4.67. The summed E-state index contributed by atoms with van der Waals surface area (Å²) in [4.78, 5) is 15.6. The second-order valence-electron chi connectivity index (χ2n) is 6.68. The zero-order chi connectivity index (χ0) is 19.2. The third-order valence-corrected chi connectivity index (χ3v) is 4.67. The summed E-state index contributed by atoms with van der Waals surface area (Å²) in [6.07, 6.45) is 2.84. The number of ether oxygens (including phenoxy) is 2. The van der Waals surface area contributed by atoms with Gasteiger partial charge in [-0.25, -0.2) is 9.97 Å². The molecular weight excluding hydrogens is 344 g/mol. The van der Waals surface area contributed by atoms with Crippen LogP contribution in [0.1, 0.15) is 19.0 Å². The number of rotatable bonds is 8. The van der Waals surface area contributed by atoms with Crippen molar-refractivity contribution in [3.05, 3.63) is 24.0 Å². The van der Waals surface area contributed by atoms with Gasteiger partial charge in [0.25, 0.3) is 5.88 Å². The maximum atomic E-state index is 6.04. The zero-order valence-electron chi connectivity index (χ0n) is 16.5. The number of anilines is 3. The number of hydrogen-bond acceptors (Lipinski definition) is 8. The maximum absolute atomic E-state index is 6.04. The Balaban J connectivity index is 1.70. The summed E-state index contributed by atoms with van der Waals surface area (Å²) in [6, 6.07) is 3.76. The number of hydrogen-bond donors (Lipinski definition) is 2. The summed E-state index contributed by atoms with van der Waals surface area (Å²) in [6.45, 7) is 8.08. The Morgan fingerprint density at radius 3 is 2.85 bits per heavy atom. The van der Waals surface area contributed by atoms with E-state index in [9.17, 15) is 0 Å². The predicted molar refractivity (Wildman–Crippen MR) is 106 cm³/mol. The molecule has 1 aliphatic rings. The second kappa shape index (κ2) is 8.85. The van der Waals surface area contributed by atoms with Crippen molar-refractivity contribution in [2.75, 3.05) is 51.0 Å². The Hall–Kier alpha value is -2.61. The monoisotopic (exact) mass is 372 g/mol. The minimum Gasteiger partial charge on any atom is -0.488 e. The van der Waals surface area contributed by atoms with E-state index in [1.54, 1.807) is 13.3 Å². The molecule has 1 aliphatic heterocycles. The summed E-state index contributed by atoms with van der Waals surface area (Å²) in [5, 5.41) is 6.21. The van der Waals surface area contributed by atoms with Gasteiger partial charge in [0, 0.05) is 37.3 Å². The summed E-state index contributed by atoms with van der Waals surface area (Å²) in [5.74, 6) is 2.90. The van der Waals surface area contributed by atoms with E-state index in [-0.39, 0.29) is 0 Å². The fraction of sp³-hybridized carbons (Fsp3) is 0.526. The van der Waals surface area contributed by atoms with Crippen molar-refractivity contribution in [2.45, 2.75) is 20.3 Å². The van der Waals surface area contributed by atoms with Crippen molar-refractivity contribution in [1.82, 2.24) is 19.9 Å². The normalized spacial score (nSPS) is 17.0. The summed E-state index contributed by atoms with van der Waals surface area (Å²) < 4.78 is 11.4. The zero-order valence-corrected chi connectivity index (χ0v) is 16.5. The van der Waals surface area contributed by atoms with Gasteiger partial charge in [0.15, 0.2) is 5.75 Å². The molecule has 0 unspecified atom stereocenters. The number of methoxy groups -OCH3 is 1.